The first-order valence-electron chi connectivity index (χ1n) is 8.13. The van der Waals surface area contributed by atoms with Crippen LogP contribution >= 0.6 is 0 Å². The van der Waals surface area contributed by atoms with Crippen molar-refractivity contribution in [1.29, 1.82) is 0 Å². The van der Waals surface area contributed by atoms with Crippen LogP contribution in [0, 0.1) is 0 Å². The molecular weight excluding hydrogens is 326 g/mol. The molecule has 1 heterocycles. The van der Waals surface area contributed by atoms with Gasteiger partial charge in [-0.2, -0.15) is 8.78 Å². The fourth-order valence-electron chi connectivity index (χ4n) is 2.19. The average molecular weight is 348 g/mol. The quantitative estimate of drug-likeness (QED) is 0.569. The first-order valence-corrected chi connectivity index (χ1v) is 8.13. The minimum atomic E-state index is -2.83. The third-order valence-electron chi connectivity index (χ3n) is 3.29. The lowest BCUT2D eigenvalue weighted by molar-refractivity contribution is -0.0498. The molecule has 2 rings (SSSR count). The van der Waals surface area contributed by atoms with Crippen molar-refractivity contribution < 1.29 is 13.5 Å². The molecule has 0 aliphatic heterocycles. The van der Waals surface area contributed by atoms with Crippen molar-refractivity contribution in [3.63, 3.8) is 0 Å². The van der Waals surface area contributed by atoms with Crippen LogP contribution in [0.25, 0.3) is 0 Å². The van der Waals surface area contributed by atoms with Crippen molar-refractivity contribution in [2.75, 3.05) is 13.1 Å². The number of nitrogens with one attached hydrogen (secondary N) is 2. The Hall–Kier alpha value is -2.70. The van der Waals surface area contributed by atoms with E-state index < -0.39 is 6.61 Å². The lowest BCUT2D eigenvalue weighted by Gasteiger charge is -2.11. The average Bonchev–Trinajstić information content (AvgIpc) is 2.60. The monoisotopic (exact) mass is 348 g/mol. The van der Waals surface area contributed by atoms with Gasteiger partial charge in [0.1, 0.15) is 5.75 Å². The normalized spacial score (nSPS) is 11.4. The van der Waals surface area contributed by atoms with E-state index in [1.807, 2.05) is 31.2 Å². The molecule has 0 spiro atoms. The van der Waals surface area contributed by atoms with Crippen LogP contribution in [0.5, 0.6) is 5.75 Å². The van der Waals surface area contributed by atoms with E-state index in [-0.39, 0.29) is 5.75 Å². The molecule has 0 bridgehead atoms. The second kappa shape index (κ2) is 10.2. The highest BCUT2D eigenvalue weighted by Gasteiger charge is 2.05. The molecule has 2 aromatic rings. The number of halogens is 2. The fourth-order valence-corrected chi connectivity index (χ4v) is 2.19. The standard InChI is InChI=1S/C18H22F2N4O/c1-2-21-18(23-11-9-15-7-3-4-10-22-15)24-13-14-6-5-8-16(12-14)25-17(19)20/h3-8,10,12,17H,2,9,11,13H2,1H3,(H2,21,23,24). The highest BCUT2D eigenvalue weighted by Crippen LogP contribution is 2.16. The van der Waals surface area contributed by atoms with Crippen LogP contribution in [0.4, 0.5) is 8.78 Å². The number of rotatable bonds is 8. The third kappa shape index (κ3) is 7.15. The van der Waals surface area contributed by atoms with Gasteiger partial charge in [0, 0.05) is 31.4 Å². The summed E-state index contributed by atoms with van der Waals surface area (Å²) in [5.41, 5.74) is 1.79. The molecule has 25 heavy (non-hydrogen) atoms. The van der Waals surface area contributed by atoms with Gasteiger partial charge in [0.05, 0.1) is 6.54 Å². The Kier molecular flexibility index (Phi) is 7.62. The summed E-state index contributed by atoms with van der Waals surface area (Å²) in [5.74, 6) is 0.800. The number of pyridine rings is 1. The molecule has 0 aliphatic carbocycles. The van der Waals surface area contributed by atoms with E-state index in [1.165, 1.54) is 6.07 Å². The number of ether oxygens (including phenoxy) is 1. The zero-order valence-electron chi connectivity index (χ0n) is 14.1. The maximum atomic E-state index is 12.3. The van der Waals surface area contributed by atoms with Gasteiger partial charge in [0.2, 0.25) is 0 Å². The molecular formula is C18H22F2N4O. The molecule has 0 saturated heterocycles. The molecule has 0 atom stereocenters. The van der Waals surface area contributed by atoms with Crippen LogP contribution in [-0.4, -0.2) is 30.6 Å². The Morgan fingerprint density at radius 1 is 1.20 bits per heavy atom. The fraction of sp³-hybridized carbons (Fsp3) is 0.333. The number of benzene rings is 1. The highest BCUT2D eigenvalue weighted by atomic mass is 19.3. The molecule has 0 saturated carbocycles. The number of nitrogens with zero attached hydrogens (tertiary/aromatic N) is 2. The lowest BCUT2D eigenvalue weighted by atomic mass is 10.2. The van der Waals surface area contributed by atoms with Crippen LogP contribution in [0.1, 0.15) is 18.2 Å². The first kappa shape index (κ1) is 18.6. The third-order valence-corrected chi connectivity index (χ3v) is 3.29. The Labute approximate surface area is 146 Å². The predicted molar refractivity (Wildman–Crippen MR) is 93.8 cm³/mol. The molecule has 0 fully saturated rings. The topological polar surface area (TPSA) is 58.5 Å². The van der Waals surface area contributed by atoms with Gasteiger partial charge in [-0.05, 0) is 36.8 Å². The summed E-state index contributed by atoms with van der Waals surface area (Å²) >= 11 is 0. The summed E-state index contributed by atoms with van der Waals surface area (Å²) in [7, 11) is 0. The Morgan fingerprint density at radius 3 is 2.80 bits per heavy atom. The highest BCUT2D eigenvalue weighted by molar-refractivity contribution is 5.79. The lowest BCUT2D eigenvalue weighted by Crippen LogP contribution is -2.38. The summed E-state index contributed by atoms with van der Waals surface area (Å²) in [5, 5.41) is 6.39. The van der Waals surface area contributed by atoms with Gasteiger partial charge in [-0.3, -0.25) is 4.98 Å². The van der Waals surface area contributed by atoms with Crippen LogP contribution in [0.2, 0.25) is 0 Å². The van der Waals surface area contributed by atoms with E-state index in [9.17, 15) is 8.78 Å². The van der Waals surface area contributed by atoms with Gasteiger partial charge < -0.3 is 15.4 Å². The van der Waals surface area contributed by atoms with E-state index in [1.54, 1.807) is 18.3 Å². The van der Waals surface area contributed by atoms with E-state index in [0.717, 1.165) is 24.2 Å². The largest absolute Gasteiger partial charge is 0.435 e. The molecule has 5 nitrogen and oxygen atoms in total. The van der Waals surface area contributed by atoms with Crippen LogP contribution < -0.4 is 15.4 Å². The van der Waals surface area contributed by atoms with Crippen LogP contribution in [0.3, 0.4) is 0 Å². The van der Waals surface area contributed by atoms with Gasteiger partial charge in [-0.1, -0.05) is 18.2 Å². The molecule has 1 aromatic carbocycles. The summed E-state index contributed by atoms with van der Waals surface area (Å²) in [4.78, 5) is 8.74. The van der Waals surface area contributed by atoms with Crippen LogP contribution in [0.15, 0.2) is 53.7 Å². The molecule has 0 radical (unpaired) electrons. The van der Waals surface area contributed by atoms with Gasteiger partial charge >= 0.3 is 6.61 Å². The first-order chi connectivity index (χ1) is 12.2. The predicted octanol–water partition coefficient (Wildman–Crippen LogP) is 2.98. The zero-order valence-corrected chi connectivity index (χ0v) is 14.1. The Balaban J connectivity index is 1.90. The van der Waals surface area contributed by atoms with Gasteiger partial charge in [-0.25, -0.2) is 4.99 Å². The van der Waals surface area contributed by atoms with Crippen molar-refractivity contribution in [2.24, 2.45) is 4.99 Å². The number of alkyl halides is 2. The number of hydrogen-bond acceptors (Lipinski definition) is 3. The minimum Gasteiger partial charge on any atom is -0.435 e. The van der Waals surface area contributed by atoms with Crippen molar-refractivity contribution >= 4 is 5.96 Å². The molecule has 2 N–H and O–H groups in total. The number of guanidine groups is 1. The second-order valence-electron chi connectivity index (χ2n) is 5.22. The summed E-state index contributed by atoms with van der Waals surface area (Å²) in [6.45, 7) is 0.928. The smallest absolute Gasteiger partial charge is 0.387 e. The van der Waals surface area contributed by atoms with E-state index >= 15 is 0 Å². The van der Waals surface area contributed by atoms with Crippen LogP contribution in [-0.2, 0) is 13.0 Å². The van der Waals surface area contributed by atoms with Crippen molar-refractivity contribution in [1.82, 2.24) is 15.6 Å². The summed E-state index contributed by atoms with van der Waals surface area (Å²) in [6.07, 6.45) is 2.55. The molecule has 0 unspecified atom stereocenters. The zero-order chi connectivity index (χ0) is 17.9. The molecule has 1 aromatic heterocycles. The Morgan fingerprint density at radius 2 is 2.08 bits per heavy atom. The molecule has 0 amide bonds. The Bertz CT molecular complexity index is 665. The molecule has 7 heteroatoms. The SMILES string of the molecule is CCNC(=NCc1cccc(OC(F)F)c1)NCCc1ccccn1. The second-order valence-corrected chi connectivity index (χ2v) is 5.22. The maximum Gasteiger partial charge on any atom is 0.387 e. The number of hydrogen-bond donors (Lipinski definition) is 2. The minimum absolute atomic E-state index is 0.135. The van der Waals surface area contributed by atoms with Crippen molar-refractivity contribution in [2.45, 2.75) is 26.5 Å². The van der Waals surface area contributed by atoms with E-state index in [0.29, 0.717) is 19.0 Å². The molecule has 134 valence electrons. The van der Waals surface area contributed by atoms with E-state index in [4.69, 9.17) is 0 Å². The van der Waals surface area contributed by atoms with Crippen molar-refractivity contribution in [3.05, 3.63) is 59.9 Å². The number of aromatic nitrogens is 1. The van der Waals surface area contributed by atoms with Crippen molar-refractivity contribution in [3.8, 4) is 5.75 Å². The van der Waals surface area contributed by atoms with Gasteiger partial charge in [0.25, 0.3) is 0 Å². The summed E-state index contributed by atoms with van der Waals surface area (Å²) in [6, 6.07) is 12.4. The summed E-state index contributed by atoms with van der Waals surface area (Å²) < 4.78 is 28.9. The number of aliphatic imine (C=N–C) groups is 1. The van der Waals surface area contributed by atoms with Gasteiger partial charge in [-0.15, -0.1) is 0 Å². The van der Waals surface area contributed by atoms with Gasteiger partial charge in [0.15, 0.2) is 5.96 Å². The molecule has 0 aliphatic rings. The van der Waals surface area contributed by atoms with E-state index in [2.05, 4.69) is 25.3 Å². The maximum absolute atomic E-state index is 12.3.